The zero-order valence-corrected chi connectivity index (χ0v) is 8.06. The van der Waals surface area contributed by atoms with Gasteiger partial charge >= 0.3 is 0 Å². The standard InChI is InChI=1S/C10H8N2S/c1-7-12-9-3-2-8(4-5-11)6-10(9)13-7/h2-3,6H,4H2,1H3. The summed E-state index contributed by atoms with van der Waals surface area (Å²) in [5.74, 6) is 0. The van der Waals surface area contributed by atoms with Gasteiger partial charge in [-0.15, -0.1) is 11.3 Å². The molecule has 0 saturated carbocycles. The highest BCUT2D eigenvalue weighted by molar-refractivity contribution is 7.18. The van der Waals surface area contributed by atoms with E-state index in [-0.39, 0.29) is 0 Å². The summed E-state index contributed by atoms with van der Waals surface area (Å²) in [6.07, 6.45) is 0.479. The fourth-order valence-corrected chi connectivity index (χ4v) is 2.18. The molecule has 0 atom stereocenters. The summed E-state index contributed by atoms with van der Waals surface area (Å²) in [7, 11) is 0. The number of thiazole rings is 1. The highest BCUT2D eigenvalue weighted by Gasteiger charge is 2.00. The minimum Gasteiger partial charge on any atom is -0.242 e. The van der Waals surface area contributed by atoms with E-state index in [2.05, 4.69) is 11.1 Å². The summed E-state index contributed by atoms with van der Waals surface area (Å²) in [4.78, 5) is 4.35. The van der Waals surface area contributed by atoms with Crippen molar-refractivity contribution in [2.24, 2.45) is 0 Å². The Morgan fingerprint density at radius 2 is 2.38 bits per heavy atom. The third-order valence-corrected chi connectivity index (χ3v) is 2.78. The molecule has 0 aliphatic heterocycles. The Hall–Kier alpha value is -1.40. The maximum Gasteiger partial charge on any atom is 0.0907 e. The van der Waals surface area contributed by atoms with E-state index in [1.165, 1.54) is 4.70 Å². The van der Waals surface area contributed by atoms with Gasteiger partial charge in [-0.2, -0.15) is 5.26 Å². The molecular weight excluding hydrogens is 180 g/mol. The average Bonchev–Trinajstić information content (AvgIpc) is 2.44. The van der Waals surface area contributed by atoms with Crippen molar-refractivity contribution in [3.63, 3.8) is 0 Å². The lowest BCUT2D eigenvalue weighted by molar-refractivity contribution is 1.27. The van der Waals surface area contributed by atoms with Crippen molar-refractivity contribution in [1.82, 2.24) is 4.98 Å². The second kappa shape index (κ2) is 3.15. The zero-order chi connectivity index (χ0) is 9.26. The molecule has 0 saturated heterocycles. The highest BCUT2D eigenvalue weighted by Crippen LogP contribution is 2.22. The van der Waals surface area contributed by atoms with E-state index in [0.29, 0.717) is 6.42 Å². The molecule has 1 aromatic carbocycles. The molecule has 0 aliphatic carbocycles. The molecule has 0 fully saturated rings. The van der Waals surface area contributed by atoms with E-state index >= 15 is 0 Å². The van der Waals surface area contributed by atoms with Gasteiger partial charge in [-0.25, -0.2) is 4.98 Å². The molecule has 2 aromatic rings. The number of hydrogen-bond donors (Lipinski definition) is 0. The fourth-order valence-electron chi connectivity index (χ4n) is 1.29. The molecule has 3 heteroatoms. The molecule has 0 radical (unpaired) electrons. The molecule has 0 amide bonds. The summed E-state index contributed by atoms with van der Waals surface area (Å²) in [5, 5.41) is 9.61. The second-order valence-corrected chi connectivity index (χ2v) is 4.10. The van der Waals surface area contributed by atoms with E-state index < -0.39 is 0 Å². The number of benzene rings is 1. The quantitative estimate of drug-likeness (QED) is 0.689. The molecule has 1 heterocycles. The number of aryl methyl sites for hydroxylation is 1. The van der Waals surface area contributed by atoms with E-state index in [1.807, 2.05) is 25.1 Å². The van der Waals surface area contributed by atoms with E-state index in [9.17, 15) is 0 Å². The molecule has 1 aromatic heterocycles. The van der Waals surface area contributed by atoms with Crippen molar-refractivity contribution in [1.29, 1.82) is 5.26 Å². The maximum absolute atomic E-state index is 8.53. The van der Waals surface area contributed by atoms with Crippen LogP contribution in [0.25, 0.3) is 10.2 Å². The third-order valence-electron chi connectivity index (χ3n) is 1.84. The lowest BCUT2D eigenvalue weighted by Gasteiger charge is -1.92. The molecule has 0 spiro atoms. The van der Waals surface area contributed by atoms with Crippen molar-refractivity contribution in [3.05, 3.63) is 28.8 Å². The minimum atomic E-state index is 0.479. The fraction of sp³-hybridized carbons (Fsp3) is 0.200. The normalized spacial score (nSPS) is 10.2. The van der Waals surface area contributed by atoms with Gasteiger partial charge in [-0.05, 0) is 24.6 Å². The third kappa shape index (κ3) is 1.53. The highest BCUT2D eigenvalue weighted by atomic mass is 32.1. The van der Waals surface area contributed by atoms with Crippen LogP contribution in [0, 0.1) is 18.3 Å². The number of aromatic nitrogens is 1. The first-order valence-corrected chi connectivity index (χ1v) is 4.84. The van der Waals surface area contributed by atoms with Crippen molar-refractivity contribution in [2.75, 3.05) is 0 Å². The Labute approximate surface area is 80.5 Å². The molecule has 0 unspecified atom stereocenters. The van der Waals surface area contributed by atoms with Crippen molar-refractivity contribution < 1.29 is 0 Å². The molecule has 13 heavy (non-hydrogen) atoms. The molecule has 64 valence electrons. The Balaban J connectivity index is 2.56. The average molecular weight is 188 g/mol. The van der Waals surface area contributed by atoms with Gasteiger partial charge in [0.2, 0.25) is 0 Å². The van der Waals surface area contributed by atoms with Gasteiger partial charge in [-0.3, -0.25) is 0 Å². The number of nitrogens with zero attached hydrogens (tertiary/aromatic N) is 2. The van der Waals surface area contributed by atoms with Gasteiger partial charge in [-0.1, -0.05) is 6.07 Å². The smallest absolute Gasteiger partial charge is 0.0907 e. The topological polar surface area (TPSA) is 36.7 Å². The molecular formula is C10H8N2S. The van der Waals surface area contributed by atoms with Crippen LogP contribution in [0.4, 0.5) is 0 Å². The van der Waals surface area contributed by atoms with E-state index in [4.69, 9.17) is 5.26 Å². The lowest BCUT2D eigenvalue weighted by Crippen LogP contribution is -1.79. The monoisotopic (exact) mass is 188 g/mol. The van der Waals surface area contributed by atoms with Crippen LogP contribution in [0.3, 0.4) is 0 Å². The van der Waals surface area contributed by atoms with Crippen LogP contribution in [0.5, 0.6) is 0 Å². The van der Waals surface area contributed by atoms with Gasteiger partial charge < -0.3 is 0 Å². The van der Waals surface area contributed by atoms with Crippen LogP contribution in [0.1, 0.15) is 10.6 Å². The van der Waals surface area contributed by atoms with Crippen molar-refractivity contribution >= 4 is 21.6 Å². The Morgan fingerprint density at radius 3 is 3.15 bits per heavy atom. The van der Waals surface area contributed by atoms with Crippen molar-refractivity contribution in [2.45, 2.75) is 13.3 Å². The van der Waals surface area contributed by atoms with Crippen LogP contribution in [0.15, 0.2) is 18.2 Å². The van der Waals surface area contributed by atoms with Gasteiger partial charge in [0.1, 0.15) is 0 Å². The van der Waals surface area contributed by atoms with Gasteiger partial charge in [0.15, 0.2) is 0 Å². The predicted molar refractivity (Wildman–Crippen MR) is 53.7 cm³/mol. The largest absolute Gasteiger partial charge is 0.242 e. The first-order valence-electron chi connectivity index (χ1n) is 4.02. The summed E-state index contributed by atoms with van der Waals surface area (Å²) < 4.78 is 1.17. The summed E-state index contributed by atoms with van der Waals surface area (Å²) in [5.41, 5.74) is 2.10. The maximum atomic E-state index is 8.53. The van der Waals surface area contributed by atoms with E-state index in [1.54, 1.807) is 11.3 Å². The van der Waals surface area contributed by atoms with E-state index in [0.717, 1.165) is 16.1 Å². The molecule has 0 aliphatic rings. The van der Waals surface area contributed by atoms with Gasteiger partial charge in [0.05, 0.1) is 27.7 Å². The number of rotatable bonds is 1. The van der Waals surface area contributed by atoms with Gasteiger partial charge in [0, 0.05) is 0 Å². The Bertz CT molecular complexity index is 479. The van der Waals surface area contributed by atoms with Crippen LogP contribution in [-0.2, 0) is 6.42 Å². The lowest BCUT2D eigenvalue weighted by atomic mass is 10.2. The van der Waals surface area contributed by atoms with Crippen LogP contribution in [0.2, 0.25) is 0 Å². The number of hydrogen-bond acceptors (Lipinski definition) is 3. The predicted octanol–water partition coefficient (Wildman–Crippen LogP) is 2.67. The SMILES string of the molecule is Cc1nc2ccc(CC#N)cc2s1. The Kier molecular flexibility index (Phi) is 1.99. The number of fused-ring (bicyclic) bond motifs is 1. The van der Waals surface area contributed by atoms with Crippen LogP contribution in [-0.4, -0.2) is 4.98 Å². The van der Waals surface area contributed by atoms with Crippen LogP contribution >= 0.6 is 11.3 Å². The molecule has 0 N–H and O–H groups in total. The van der Waals surface area contributed by atoms with Gasteiger partial charge in [0.25, 0.3) is 0 Å². The summed E-state index contributed by atoms with van der Waals surface area (Å²) in [6, 6.07) is 8.13. The molecule has 2 rings (SSSR count). The number of nitriles is 1. The van der Waals surface area contributed by atoms with Crippen molar-refractivity contribution in [3.8, 4) is 6.07 Å². The summed E-state index contributed by atoms with van der Waals surface area (Å²) in [6.45, 7) is 1.99. The molecule has 0 bridgehead atoms. The van der Waals surface area contributed by atoms with Crippen LogP contribution < -0.4 is 0 Å². The first kappa shape index (κ1) is 8.21. The minimum absolute atomic E-state index is 0.479. The second-order valence-electron chi connectivity index (χ2n) is 2.87. The Morgan fingerprint density at radius 1 is 1.54 bits per heavy atom. The first-order chi connectivity index (χ1) is 6.29. The summed E-state index contributed by atoms with van der Waals surface area (Å²) >= 11 is 1.67. The zero-order valence-electron chi connectivity index (χ0n) is 7.24. The molecule has 2 nitrogen and oxygen atoms in total.